The van der Waals surface area contributed by atoms with E-state index in [-0.39, 0.29) is 45.5 Å². The number of hydrogen-bond acceptors (Lipinski definition) is 7. The van der Waals surface area contributed by atoms with Crippen LogP contribution in [0.25, 0.3) is 0 Å². The third kappa shape index (κ3) is 4.84. The predicted octanol–water partition coefficient (Wildman–Crippen LogP) is 0.430. The summed E-state index contributed by atoms with van der Waals surface area (Å²) in [6, 6.07) is 4.94. The molecule has 0 atom stereocenters. The van der Waals surface area contributed by atoms with Crippen LogP contribution in [0.2, 0.25) is 0 Å². The summed E-state index contributed by atoms with van der Waals surface area (Å²) >= 11 is 0. The smallest absolute Gasteiger partial charge is 0.307 e. The Kier molecular flexibility index (Phi) is 6.83. The molecule has 8 nitrogen and oxygen atoms in total. The number of aliphatic hydroxyl groups is 1. The summed E-state index contributed by atoms with van der Waals surface area (Å²) in [7, 11) is 1.30. The number of carbonyl (C=O) groups is 2. The van der Waals surface area contributed by atoms with Crippen LogP contribution in [0.1, 0.15) is 16.8 Å². The van der Waals surface area contributed by atoms with Crippen molar-refractivity contribution in [3.05, 3.63) is 23.8 Å². The summed E-state index contributed by atoms with van der Waals surface area (Å²) in [5.41, 5.74) is 0.436. The number of nitrogens with zero attached hydrogens (tertiary/aromatic N) is 1. The van der Waals surface area contributed by atoms with Gasteiger partial charge >= 0.3 is 5.97 Å². The highest BCUT2D eigenvalue weighted by atomic mass is 16.7. The number of esters is 1. The average molecular weight is 339 g/mol. The maximum Gasteiger partial charge on any atom is 0.307 e. The zero-order valence-corrected chi connectivity index (χ0v) is 13.5. The van der Waals surface area contributed by atoms with E-state index in [2.05, 4.69) is 4.74 Å². The number of benzene rings is 1. The molecule has 0 bridgehead atoms. The molecule has 24 heavy (non-hydrogen) atoms. The molecule has 1 heterocycles. The van der Waals surface area contributed by atoms with Crippen molar-refractivity contribution in [2.45, 2.75) is 6.42 Å². The number of fused-ring (bicyclic) bond motifs is 1. The van der Waals surface area contributed by atoms with Crippen LogP contribution >= 0.6 is 0 Å². The largest absolute Gasteiger partial charge is 0.469 e. The molecule has 132 valence electrons. The first kappa shape index (κ1) is 18.0. The van der Waals surface area contributed by atoms with E-state index < -0.39 is 5.97 Å². The van der Waals surface area contributed by atoms with Crippen molar-refractivity contribution in [3.63, 3.8) is 0 Å². The minimum absolute atomic E-state index is 0.0851. The molecule has 0 unspecified atom stereocenters. The van der Waals surface area contributed by atoms with E-state index in [9.17, 15) is 9.59 Å². The molecule has 0 spiro atoms. The van der Waals surface area contributed by atoms with Crippen LogP contribution < -0.4 is 9.47 Å². The van der Waals surface area contributed by atoms with Gasteiger partial charge in [0.2, 0.25) is 6.79 Å². The number of rotatable bonds is 9. The van der Waals surface area contributed by atoms with Crippen LogP contribution in [0, 0.1) is 0 Å². The first-order valence-electron chi connectivity index (χ1n) is 7.60. The van der Waals surface area contributed by atoms with E-state index in [1.54, 1.807) is 18.2 Å². The van der Waals surface area contributed by atoms with Gasteiger partial charge in [-0.2, -0.15) is 0 Å². The van der Waals surface area contributed by atoms with Crippen LogP contribution in [0.5, 0.6) is 11.5 Å². The molecule has 1 aliphatic heterocycles. The van der Waals surface area contributed by atoms with Crippen LogP contribution in [0.3, 0.4) is 0 Å². The summed E-state index contributed by atoms with van der Waals surface area (Å²) in [5.74, 6) is 0.476. The molecule has 8 heteroatoms. The molecule has 2 rings (SSSR count). The average Bonchev–Trinajstić information content (AvgIpc) is 3.07. The fraction of sp³-hybridized carbons (Fsp3) is 0.500. The van der Waals surface area contributed by atoms with Gasteiger partial charge in [0.15, 0.2) is 11.5 Å². The summed E-state index contributed by atoms with van der Waals surface area (Å²) in [5, 5.41) is 8.72. The third-order valence-corrected chi connectivity index (χ3v) is 3.46. The van der Waals surface area contributed by atoms with Crippen LogP contribution in [-0.4, -0.2) is 68.7 Å². The Morgan fingerprint density at radius 3 is 2.75 bits per heavy atom. The summed E-state index contributed by atoms with van der Waals surface area (Å²) < 4.78 is 20.3. The lowest BCUT2D eigenvalue weighted by molar-refractivity contribution is -0.140. The molecule has 1 aromatic rings. The summed E-state index contributed by atoms with van der Waals surface area (Å²) in [6.07, 6.45) is 0.0901. The molecule has 0 fully saturated rings. The van der Waals surface area contributed by atoms with Crippen molar-refractivity contribution >= 4 is 11.9 Å². The van der Waals surface area contributed by atoms with Gasteiger partial charge in [-0.3, -0.25) is 9.59 Å². The Bertz CT molecular complexity index is 576. The quantitative estimate of drug-likeness (QED) is 0.515. The van der Waals surface area contributed by atoms with Crippen molar-refractivity contribution < 1.29 is 33.6 Å². The van der Waals surface area contributed by atoms with E-state index in [0.717, 1.165) is 0 Å². The number of amides is 1. The Labute approximate surface area is 139 Å². The van der Waals surface area contributed by atoms with E-state index in [0.29, 0.717) is 23.6 Å². The Hall–Kier alpha value is -2.32. The Morgan fingerprint density at radius 1 is 1.21 bits per heavy atom. The van der Waals surface area contributed by atoms with Gasteiger partial charge in [-0.1, -0.05) is 0 Å². The Balaban J connectivity index is 2.02. The number of aliphatic hydroxyl groups excluding tert-OH is 1. The zero-order valence-electron chi connectivity index (χ0n) is 13.5. The molecule has 1 aliphatic rings. The molecule has 0 saturated carbocycles. The molecule has 0 saturated heterocycles. The second-order valence-corrected chi connectivity index (χ2v) is 5.02. The van der Waals surface area contributed by atoms with E-state index >= 15 is 0 Å². The third-order valence-electron chi connectivity index (χ3n) is 3.46. The van der Waals surface area contributed by atoms with Crippen molar-refractivity contribution in [1.82, 2.24) is 4.90 Å². The van der Waals surface area contributed by atoms with Gasteiger partial charge in [-0.25, -0.2) is 0 Å². The maximum atomic E-state index is 12.7. The summed E-state index contributed by atoms with van der Waals surface area (Å²) in [4.78, 5) is 25.5. The van der Waals surface area contributed by atoms with Gasteiger partial charge in [-0.05, 0) is 18.2 Å². The standard InChI is InChI=1S/C16H21NO7/c1-21-15(19)4-5-17(6-8-22-9-7-18)16(20)12-2-3-13-14(10-12)24-11-23-13/h2-3,10,18H,4-9,11H2,1H3. The highest BCUT2D eigenvalue weighted by molar-refractivity contribution is 5.95. The second kappa shape index (κ2) is 9.09. The molecular weight excluding hydrogens is 318 g/mol. The van der Waals surface area contributed by atoms with Crippen molar-refractivity contribution in [2.24, 2.45) is 0 Å². The fourth-order valence-electron chi connectivity index (χ4n) is 2.20. The Morgan fingerprint density at radius 2 is 2.00 bits per heavy atom. The summed E-state index contributed by atoms with van der Waals surface area (Å²) in [6.45, 7) is 1.01. The highest BCUT2D eigenvalue weighted by Crippen LogP contribution is 2.32. The van der Waals surface area contributed by atoms with Crippen molar-refractivity contribution in [2.75, 3.05) is 46.8 Å². The molecule has 0 aromatic heterocycles. The predicted molar refractivity (Wildman–Crippen MR) is 83.0 cm³/mol. The molecular formula is C16H21NO7. The lowest BCUT2D eigenvalue weighted by Gasteiger charge is -2.22. The van der Waals surface area contributed by atoms with Crippen molar-refractivity contribution in [3.8, 4) is 11.5 Å². The second-order valence-electron chi connectivity index (χ2n) is 5.02. The number of carbonyl (C=O) groups excluding carboxylic acids is 2. The topological polar surface area (TPSA) is 94.5 Å². The van der Waals surface area contributed by atoms with Gasteiger partial charge < -0.3 is 29.0 Å². The van der Waals surface area contributed by atoms with Crippen molar-refractivity contribution in [1.29, 1.82) is 0 Å². The minimum Gasteiger partial charge on any atom is -0.469 e. The van der Waals surface area contributed by atoms with Gasteiger partial charge in [0.05, 0.1) is 33.4 Å². The van der Waals surface area contributed by atoms with Crippen LogP contribution in [0.15, 0.2) is 18.2 Å². The number of methoxy groups -OCH3 is 1. The van der Waals surface area contributed by atoms with E-state index in [1.807, 2.05) is 0 Å². The molecule has 1 N–H and O–H groups in total. The lowest BCUT2D eigenvalue weighted by Crippen LogP contribution is -2.36. The zero-order chi connectivity index (χ0) is 17.4. The molecule has 0 radical (unpaired) electrons. The van der Waals surface area contributed by atoms with Gasteiger partial charge in [0.25, 0.3) is 5.91 Å². The highest BCUT2D eigenvalue weighted by Gasteiger charge is 2.21. The number of hydrogen-bond donors (Lipinski definition) is 1. The SMILES string of the molecule is COC(=O)CCN(CCOCCO)C(=O)c1ccc2c(c1)OCO2. The number of ether oxygens (including phenoxy) is 4. The minimum atomic E-state index is -0.394. The van der Waals surface area contributed by atoms with Crippen LogP contribution in [0.4, 0.5) is 0 Å². The van der Waals surface area contributed by atoms with E-state index in [1.165, 1.54) is 12.0 Å². The normalized spacial score (nSPS) is 12.1. The lowest BCUT2D eigenvalue weighted by atomic mass is 10.1. The van der Waals surface area contributed by atoms with Gasteiger partial charge in [0, 0.05) is 18.7 Å². The first-order chi connectivity index (χ1) is 11.7. The fourth-order valence-corrected chi connectivity index (χ4v) is 2.20. The van der Waals surface area contributed by atoms with Crippen LogP contribution in [-0.2, 0) is 14.3 Å². The maximum absolute atomic E-state index is 12.7. The monoisotopic (exact) mass is 339 g/mol. The van der Waals surface area contributed by atoms with E-state index in [4.69, 9.17) is 19.3 Å². The first-order valence-corrected chi connectivity index (χ1v) is 7.60. The molecule has 1 aromatic carbocycles. The van der Waals surface area contributed by atoms with Gasteiger partial charge in [0.1, 0.15) is 0 Å². The molecule has 1 amide bonds. The molecule has 0 aliphatic carbocycles. The van der Waals surface area contributed by atoms with Gasteiger partial charge in [-0.15, -0.1) is 0 Å².